The fourth-order valence-electron chi connectivity index (χ4n) is 1.70. The highest BCUT2D eigenvalue weighted by molar-refractivity contribution is 7.09. The summed E-state index contributed by atoms with van der Waals surface area (Å²) in [5.41, 5.74) is 0. The fourth-order valence-corrected chi connectivity index (χ4v) is 2.50. The molecule has 1 aliphatic rings. The summed E-state index contributed by atoms with van der Waals surface area (Å²) in [4.78, 5) is 4.37. The first kappa shape index (κ1) is 10.6. The zero-order chi connectivity index (χ0) is 10.5. The molecule has 1 aromatic heterocycles. The van der Waals surface area contributed by atoms with Gasteiger partial charge in [0.05, 0.1) is 12.1 Å². The summed E-state index contributed by atoms with van der Waals surface area (Å²) in [7, 11) is 0. The highest BCUT2D eigenvalue weighted by Gasteiger charge is 2.33. The first-order valence-electron chi connectivity index (χ1n) is 5.41. The van der Waals surface area contributed by atoms with Crippen molar-refractivity contribution in [2.24, 2.45) is 5.92 Å². The minimum atomic E-state index is 0.434. The molecule has 0 radical (unpaired) electrons. The molecule has 0 unspecified atom stereocenters. The van der Waals surface area contributed by atoms with Gasteiger partial charge in [0, 0.05) is 18.0 Å². The number of aromatic nitrogens is 1. The number of thiazole rings is 1. The monoisotopic (exact) mass is 221 g/mol. The van der Waals surface area contributed by atoms with Gasteiger partial charge in [-0.1, -0.05) is 0 Å². The first-order chi connectivity index (χ1) is 7.42. The van der Waals surface area contributed by atoms with Crippen LogP contribution in [0.25, 0.3) is 0 Å². The molecule has 1 atom stereocenters. The van der Waals surface area contributed by atoms with Gasteiger partial charge in [-0.2, -0.15) is 5.26 Å². The van der Waals surface area contributed by atoms with Crippen LogP contribution in [0.5, 0.6) is 0 Å². The quantitative estimate of drug-likeness (QED) is 0.751. The molecule has 2 rings (SSSR count). The zero-order valence-electron chi connectivity index (χ0n) is 8.65. The van der Waals surface area contributed by atoms with Crippen LogP contribution in [-0.2, 0) is 0 Å². The van der Waals surface area contributed by atoms with Gasteiger partial charge in [-0.3, -0.25) is 0 Å². The first-order valence-corrected chi connectivity index (χ1v) is 6.29. The van der Waals surface area contributed by atoms with Crippen molar-refractivity contribution in [3.8, 4) is 6.07 Å². The normalized spacial score (nSPS) is 17.3. The van der Waals surface area contributed by atoms with Crippen LogP contribution in [0.1, 0.15) is 36.7 Å². The van der Waals surface area contributed by atoms with Gasteiger partial charge in [-0.15, -0.1) is 11.3 Å². The fraction of sp³-hybridized carbons (Fsp3) is 0.636. The van der Waals surface area contributed by atoms with E-state index in [9.17, 15) is 0 Å². The summed E-state index contributed by atoms with van der Waals surface area (Å²) in [6.07, 6.45) is 6.07. The van der Waals surface area contributed by atoms with Crippen molar-refractivity contribution in [2.75, 3.05) is 6.54 Å². The zero-order valence-corrected chi connectivity index (χ0v) is 9.46. The second-order valence-corrected chi connectivity index (χ2v) is 4.83. The molecule has 1 aliphatic carbocycles. The minimum Gasteiger partial charge on any atom is -0.308 e. The second-order valence-electron chi connectivity index (χ2n) is 3.90. The third kappa shape index (κ3) is 3.01. The Hall–Kier alpha value is -0.920. The number of nitrogens with one attached hydrogen (secondary N) is 1. The van der Waals surface area contributed by atoms with E-state index in [0.717, 1.165) is 18.9 Å². The number of nitrogens with zero attached hydrogens (tertiary/aromatic N) is 2. The minimum absolute atomic E-state index is 0.434. The van der Waals surface area contributed by atoms with Gasteiger partial charge in [0.15, 0.2) is 0 Å². The van der Waals surface area contributed by atoms with Crippen molar-refractivity contribution in [3.63, 3.8) is 0 Å². The molecule has 3 nitrogen and oxygen atoms in total. The van der Waals surface area contributed by atoms with Crippen LogP contribution >= 0.6 is 11.3 Å². The Bertz CT molecular complexity index is 324. The number of unbranched alkanes of at least 4 members (excludes halogenated alkanes) is 1. The summed E-state index contributed by atoms with van der Waals surface area (Å²) in [6.45, 7) is 0.925. The number of hydrogen-bond donors (Lipinski definition) is 1. The van der Waals surface area contributed by atoms with Gasteiger partial charge in [0.1, 0.15) is 5.01 Å². The maximum Gasteiger partial charge on any atom is 0.110 e. The molecular weight excluding hydrogens is 206 g/mol. The Kier molecular flexibility index (Phi) is 3.70. The summed E-state index contributed by atoms with van der Waals surface area (Å²) in [6, 6.07) is 2.60. The summed E-state index contributed by atoms with van der Waals surface area (Å²) in [5.74, 6) is 0.776. The Morgan fingerprint density at radius 1 is 1.67 bits per heavy atom. The maximum absolute atomic E-state index is 8.45. The predicted molar refractivity (Wildman–Crippen MR) is 60.4 cm³/mol. The van der Waals surface area contributed by atoms with E-state index in [2.05, 4.69) is 16.4 Å². The van der Waals surface area contributed by atoms with E-state index in [1.165, 1.54) is 17.8 Å². The average molecular weight is 221 g/mol. The van der Waals surface area contributed by atoms with E-state index in [-0.39, 0.29) is 0 Å². The molecule has 0 aliphatic heterocycles. The molecule has 1 fully saturated rings. The van der Waals surface area contributed by atoms with E-state index in [4.69, 9.17) is 5.26 Å². The lowest BCUT2D eigenvalue weighted by molar-refractivity contribution is 0.475. The van der Waals surface area contributed by atoms with E-state index in [1.807, 2.05) is 11.6 Å². The molecule has 1 aromatic rings. The van der Waals surface area contributed by atoms with Crippen molar-refractivity contribution in [1.82, 2.24) is 10.3 Å². The van der Waals surface area contributed by atoms with Crippen molar-refractivity contribution in [2.45, 2.75) is 31.7 Å². The second kappa shape index (κ2) is 5.24. The summed E-state index contributed by atoms with van der Waals surface area (Å²) >= 11 is 1.72. The van der Waals surface area contributed by atoms with Gasteiger partial charge in [-0.25, -0.2) is 4.98 Å². The van der Waals surface area contributed by atoms with Crippen molar-refractivity contribution < 1.29 is 0 Å². The van der Waals surface area contributed by atoms with Crippen LogP contribution in [0.3, 0.4) is 0 Å². The average Bonchev–Trinajstić information content (AvgIpc) is 2.93. The highest BCUT2D eigenvalue weighted by atomic mass is 32.1. The molecule has 1 heterocycles. The number of rotatable bonds is 6. The Balaban J connectivity index is 1.82. The van der Waals surface area contributed by atoms with E-state index in [0.29, 0.717) is 12.5 Å². The molecule has 0 bridgehead atoms. The topological polar surface area (TPSA) is 48.7 Å². The molecule has 15 heavy (non-hydrogen) atoms. The molecule has 80 valence electrons. The van der Waals surface area contributed by atoms with Crippen LogP contribution in [-0.4, -0.2) is 11.5 Å². The van der Waals surface area contributed by atoms with Crippen LogP contribution in [0.4, 0.5) is 0 Å². The maximum atomic E-state index is 8.45. The lowest BCUT2D eigenvalue weighted by Gasteiger charge is -2.14. The third-order valence-electron chi connectivity index (χ3n) is 2.64. The lowest BCUT2D eigenvalue weighted by atomic mass is 10.2. The molecule has 1 N–H and O–H groups in total. The van der Waals surface area contributed by atoms with Crippen LogP contribution in [0.2, 0.25) is 0 Å². The lowest BCUT2D eigenvalue weighted by Crippen LogP contribution is -2.23. The summed E-state index contributed by atoms with van der Waals surface area (Å²) in [5, 5.41) is 15.2. The number of hydrogen-bond acceptors (Lipinski definition) is 4. The summed E-state index contributed by atoms with van der Waals surface area (Å²) < 4.78 is 0. The van der Waals surface area contributed by atoms with E-state index in [1.54, 1.807) is 11.3 Å². The standard InChI is InChI=1S/C11H15N3S/c12-5-1-2-6-13-10(9-3-4-9)11-14-7-8-15-11/h7-10,13H,1-4,6H2/t10-/m1/s1. The molecule has 0 amide bonds. The van der Waals surface area contributed by atoms with Crippen molar-refractivity contribution in [1.29, 1.82) is 5.26 Å². The van der Waals surface area contributed by atoms with Gasteiger partial charge < -0.3 is 5.32 Å². The van der Waals surface area contributed by atoms with Gasteiger partial charge >= 0.3 is 0 Å². The molecule has 0 spiro atoms. The molecular formula is C11H15N3S. The highest BCUT2D eigenvalue weighted by Crippen LogP contribution is 2.41. The van der Waals surface area contributed by atoms with Crippen LogP contribution in [0, 0.1) is 17.2 Å². The molecule has 1 saturated carbocycles. The van der Waals surface area contributed by atoms with Crippen molar-refractivity contribution in [3.05, 3.63) is 16.6 Å². The molecule has 0 aromatic carbocycles. The van der Waals surface area contributed by atoms with Crippen molar-refractivity contribution >= 4 is 11.3 Å². The Morgan fingerprint density at radius 2 is 2.53 bits per heavy atom. The molecule has 4 heteroatoms. The van der Waals surface area contributed by atoms with E-state index >= 15 is 0 Å². The largest absolute Gasteiger partial charge is 0.308 e. The molecule has 0 saturated heterocycles. The Morgan fingerprint density at radius 3 is 3.13 bits per heavy atom. The third-order valence-corrected chi connectivity index (χ3v) is 3.50. The number of nitriles is 1. The van der Waals surface area contributed by atoms with Gasteiger partial charge in [0.2, 0.25) is 0 Å². The van der Waals surface area contributed by atoms with E-state index < -0.39 is 0 Å². The van der Waals surface area contributed by atoms with Crippen LogP contribution < -0.4 is 5.32 Å². The smallest absolute Gasteiger partial charge is 0.110 e. The van der Waals surface area contributed by atoms with Crippen LogP contribution in [0.15, 0.2) is 11.6 Å². The SMILES string of the molecule is N#CCCCN[C@@H](c1nccs1)C1CC1. The van der Waals surface area contributed by atoms with Gasteiger partial charge in [0.25, 0.3) is 0 Å². The Labute approximate surface area is 94.1 Å². The van der Waals surface area contributed by atoms with Gasteiger partial charge in [-0.05, 0) is 31.7 Å². The predicted octanol–water partition coefficient (Wildman–Crippen LogP) is 2.49.